The van der Waals surface area contributed by atoms with E-state index >= 15 is 0 Å². The van der Waals surface area contributed by atoms with Crippen molar-refractivity contribution in [2.45, 2.75) is 25.3 Å². The van der Waals surface area contributed by atoms with Crippen LogP contribution in [0.2, 0.25) is 0 Å². The molecule has 4 heteroatoms. The van der Waals surface area contributed by atoms with Crippen molar-refractivity contribution < 1.29 is 9.53 Å². The highest BCUT2D eigenvalue weighted by Gasteiger charge is 2.22. The van der Waals surface area contributed by atoms with Gasteiger partial charge in [0.15, 0.2) is 0 Å². The normalized spacial score (nSPS) is 28.5. The molecule has 0 spiro atoms. The Bertz CT molecular complexity index is 175. The number of thioether (sulfide) groups is 1. The third-order valence-corrected chi connectivity index (χ3v) is 3.64. The fraction of sp³-hybridized carbons (Fsp3) is 0.889. The molecular weight excluding hydrogens is 186 g/mol. The Morgan fingerprint density at radius 3 is 3.08 bits per heavy atom. The van der Waals surface area contributed by atoms with E-state index in [4.69, 9.17) is 5.73 Å². The van der Waals surface area contributed by atoms with Crippen molar-refractivity contribution in [2.24, 2.45) is 11.7 Å². The van der Waals surface area contributed by atoms with Crippen LogP contribution in [0.25, 0.3) is 0 Å². The molecule has 1 aliphatic heterocycles. The van der Waals surface area contributed by atoms with Crippen molar-refractivity contribution in [3.8, 4) is 0 Å². The predicted molar refractivity (Wildman–Crippen MR) is 54.7 cm³/mol. The van der Waals surface area contributed by atoms with Gasteiger partial charge in [0.25, 0.3) is 0 Å². The molecule has 1 rings (SSSR count). The first-order valence-electron chi connectivity index (χ1n) is 4.64. The molecule has 0 bridgehead atoms. The molecule has 0 unspecified atom stereocenters. The molecule has 2 N–H and O–H groups in total. The lowest BCUT2D eigenvalue weighted by Gasteiger charge is -2.27. The van der Waals surface area contributed by atoms with Gasteiger partial charge in [-0.2, -0.15) is 11.8 Å². The number of hydrogen-bond donors (Lipinski definition) is 1. The Morgan fingerprint density at radius 2 is 2.46 bits per heavy atom. The summed E-state index contributed by atoms with van der Waals surface area (Å²) in [5.41, 5.74) is 5.93. The second kappa shape index (κ2) is 5.50. The SMILES string of the molecule is COC(=O)CC[C@@H]1CCSC[C@@H]1N. The first-order valence-corrected chi connectivity index (χ1v) is 5.79. The van der Waals surface area contributed by atoms with Gasteiger partial charge in [-0.1, -0.05) is 0 Å². The Morgan fingerprint density at radius 1 is 1.69 bits per heavy atom. The predicted octanol–water partition coefficient (Wildman–Crippen LogP) is 1.02. The summed E-state index contributed by atoms with van der Waals surface area (Å²) in [7, 11) is 1.43. The molecule has 0 aliphatic carbocycles. The van der Waals surface area contributed by atoms with Crippen molar-refractivity contribution in [1.82, 2.24) is 0 Å². The summed E-state index contributed by atoms with van der Waals surface area (Å²) in [5.74, 6) is 2.61. The summed E-state index contributed by atoms with van der Waals surface area (Å²) in [6.45, 7) is 0. The van der Waals surface area contributed by atoms with Gasteiger partial charge in [-0.25, -0.2) is 0 Å². The molecule has 0 saturated carbocycles. The smallest absolute Gasteiger partial charge is 0.305 e. The molecule has 0 aromatic heterocycles. The van der Waals surface area contributed by atoms with Gasteiger partial charge >= 0.3 is 5.97 Å². The van der Waals surface area contributed by atoms with Gasteiger partial charge in [0.05, 0.1) is 7.11 Å². The Balaban J connectivity index is 2.22. The van der Waals surface area contributed by atoms with E-state index < -0.39 is 0 Å². The highest BCUT2D eigenvalue weighted by Crippen LogP contribution is 2.25. The van der Waals surface area contributed by atoms with Gasteiger partial charge in [0, 0.05) is 18.2 Å². The van der Waals surface area contributed by atoms with Crippen molar-refractivity contribution in [3.05, 3.63) is 0 Å². The van der Waals surface area contributed by atoms with Crippen LogP contribution in [0.3, 0.4) is 0 Å². The minimum Gasteiger partial charge on any atom is -0.469 e. The van der Waals surface area contributed by atoms with Crippen LogP contribution < -0.4 is 5.73 Å². The summed E-state index contributed by atoms with van der Waals surface area (Å²) >= 11 is 1.91. The molecule has 1 heterocycles. The zero-order valence-corrected chi connectivity index (χ0v) is 8.81. The van der Waals surface area contributed by atoms with E-state index in [1.807, 2.05) is 11.8 Å². The van der Waals surface area contributed by atoms with Crippen molar-refractivity contribution >= 4 is 17.7 Å². The zero-order chi connectivity index (χ0) is 9.68. The minimum absolute atomic E-state index is 0.120. The van der Waals surface area contributed by atoms with E-state index in [9.17, 15) is 4.79 Å². The molecule has 3 nitrogen and oxygen atoms in total. The number of carbonyl (C=O) groups excluding carboxylic acids is 1. The molecule has 1 aliphatic rings. The van der Waals surface area contributed by atoms with Crippen LogP contribution >= 0.6 is 11.8 Å². The lowest BCUT2D eigenvalue weighted by molar-refractivity contribution is -0.140. The average molecular weight is 203 g/mol. The van der Waals surface area contributed by atoms with Gasteiger partial charge in [-0.15, -0.1) is 0 Å². The van der Waals surface area contributed by atoms with E-state index in [2.05, 4.69) is 4.74 Å². The molecule has 2 atom stereocenters. The number of ether oxygens (including phenoxy) is 1. The quantitative estimate of drug-likeness (QED) is 0.696. The molecular formula is C9H17NO2S. The zero-order valence-electron chi connectivity index (χ0n) is 7.99. The number of rotatable bonds is 3. The van der Waals surface area contributed by atoms with Crippen LogP contribution in [0.4, 0.5) is 0 Å². The van der Waals surface area contributed by atoms with Crippen LogP contribution in [0.1, 0.15) is 19.3 Å². The first-order chi connectivity index (χ1) is 6.24. The van der Waals surface area contributed by atoms with E-state index in [-0.39, 0.29) is 12.0 Å². The van der Waals surface area contributed by atoms with Crippen molar-refractivity contribution in [1.29, 1.82) is 0 Å². The monoisotopic (exact) mass is 203 g/mol. The molecule has 0 aromatic carbocycles. The average Bonchev–Trinajstić information content (AvgIpc) is 2.16. The standard InChI is InChI=1S/C9H17NO2S/c1-12-9(11)3-2-7-4-5-13-6-8(7)10/h7-8H,2-6,10H2,1H3/t7-,8+/m1/s1. The molecule has 76 valence electrons. The highest BCUT2D eigenvalue weighted by molar-refractivity contribution is 7.99. The molecule has 0 amide bonds. The third-order valence-electron chi connectivity index (χ3n) is 2.50. The first kappa shape index (κ1) is 10.9. The largest absolute Gasteiger partial charge is 0.469 e. The maximum Gasteiger partial charge on any atom is 0.305 e. The van der Waals surface area contributed by atoms with E-state index in [0.717, 1.165) is 18.6 Å². The van der Waals surface area contributed by atoms with Crippen LogP contribution in [0.5, 0.6) is 0 Å². The molecule has 0 aromatic rings. The number of hydrogen-bond acceptors (Lipinski definition) is 4. The fourth-order valence-electron chi connectivity index (χ4n) is 1.57. The topological polar surface area (TPSA) is 52.3 Å². The number of carbonyl (C=O) groups is 1. The number of esters is 1. The maximum absolute atomic E-state index is 10.9. The lowest BCUT2D eigenvalue weighted by atomic mass is 9.93. The van der Waals surface area contributed by atoms with Crippen LogP contribution in [-0.2, 0) is 9.53 Å². The van der Waals surface area contributed by atoms with Gasteiger partial charge in [-0.05, 0) is 24.5 Å². The number of nitrogens with two attached hydrogens (primary N) is 1. The second-order valence-electron chi connectivity index (χ2n) is 3.40. The van der Waals surface area contributed by atoms with Crippen LogP contribution in [0.15, 0.2) is 0 Å². The Hall–Kier alpha value is -0.220. The lowest BCUT2D eigenvalue weighted by Crippen LogP contribution is -2.36. The fourth-order valence-corrected chi connectivity index (χ4v) is 2.75. The molecule has 13 heavy (non-hydrogen) atoms. The highest BCUT2D eigenvalue weighted by atomic mass is 32.2. The maximum atomic E-state index is 10.9. The van der Waals surface area contributed by atoms with Crippen molar-refractivity contribution in [2.75, 3.05) is 18.6 Å². The van der Waals surface area contributed by atoms with Crippen LogP contribution in [-0.4, -0.2) is 30.6 Å². The van der Waals surface area contributed by atoms with E-state index in [1.54, 1.807) is 0 Å². The second-order valence-corrected chi connectivity index (χ2v) is 4.55. The van der Waals surface area contributed by atoms with Crippen molar-refractivity contribution in [3.63, 3.8) is 0 Å². The summed E-state index contributed by atoms with van der Waals surface area (Å²) in [6.07, 6.45) is 2.54. The van der Waals surface area contributed by atoms with Crippen LogP contribution in [0, 0.1) is 5.92 Å². The Kier molecular flexibility index (Phi) is 4.59. The van der Waals surface area contributed by atoms with E-state index in [0.29, 0.717) is 12.3 Å². The van der Waals surface area contributed by atoms with Gasteiger partial charge in [0.1, 0.15) is 0 Å². The Labute approximate surface area is 83.4 Å². The summed E-state index contributed by atoms with van der Waals surface area (Å²) in [6, 6.07) is 0.267. The minimum atomic E-state index is -0.120. The summed E-state index contributed by atoms with van der Waals surface area (Å²) in [5, 5.41) is 0. The number of methoxy groups -OCH3 is 1. The van der Waals surface area contributed by atoms with E-state index in [1.165, 1.54) is 12.9 Å². The summed E-state index contributed by atoms with van der Waals surface area (Å²) in [4.78, 5) is 10.9. The molecule has 1 fully saturated rings. The van der Waals surface area contributed by atoms with Gasteiger partial charge < -0.3 is 10.5 Å². The van der Waals surface area contributed by atoms with Gasteiger partial charge in [0.2, 0.25) is 0 Å². The van der Waals surface area contributed by atoms with Gasteiger partial charge in [-0.3, -0.25) is 4.79 Å². The molecule has 1 saturated heterocycles. The summed E-state index contributed by atoms with van der Waals surface area (Å²) < 4.78 is 4.59. The molecule has 0 radical (unpaired) electrons. The third kappa shape index (κ3) is 3.56.